The zero-order valence-electron chi connectivity index (χ0n) is 17.0. The molecule has 5 nitrogen and oxygen atoms in total. The Hall–Kier alpha value is -3.45. The second-order valence-electron chi connectivity index (χ2n) is 7.01. The molecule has 4 rings (SSSR count). The maximum atomic E-state index is 13.8. The molecule has 0 atom stereocenters. The molecule has 0 bridgehead atoms. The number of nitrogens with zero attached hydrogens (tertiary/aromatic N) is 1. The first-order valence-electron chi connectivity index (χ1n) is 9.93. The summed E-state index contributed by atoms with van der Waals surface area (Å²) in [5.41, 5.74) is 2.59. The number of furan rings is 1. The number of nitrogens with one attached hydrogen (secondary N) is 1. The van der Waals surface area contributed by atoms with Gasteiger partial charge in [0.25, 0.3) is 0 Å². The van der Waals surface area contributed by atoms with Crippen molar-refractivity contribution < 1.29 is 22.7 Å². The molecule has 31 heavy (non-hydrogen) atoms. The number of rotatable bonds is 9. The molecule has 0 saturated heterocycles. The van der Waals surface area contributed by atoms with Crippen LogP contribution in [0.15, 0.2) is 65.3 Å². The lowest BCUT2D eigenvalue weighted by Gasteiger charge is -2.09. The number of halogens is 2. The minimum atomic E-state index is -1.01. The van der Waals surface area contributed by atoms with Crippen LogP contribution in [0.25, 0.3) is 11.0 Å². The largest absolute Gasteiger partial charge is 0.491 e. The highest BCUT2D eigenvalue weighted by molar-refractivity contribution is 5.88. The van der Waals surface area contributed by atoms with E-state index in [2.05, 4.69) is 10.3 Å². The van der Waals surface area contributed by atoms with Gasteiger partial charge >= 0.3 is 0 Å². The molecular weight excluding hydrogens is 402 g/mol. The number of ether oxygens (including phenoxy) is 2. The molecule has 0 aliphatic heterocycles. The summed E-state index contributed by atoms with van der Waals surface area (Å²) in [6, 6.07) is 13.3. The molecule has 0 fully saturated rings. The van der Waals surface area contributed by atoms with E-state index in [0.29, 0.717) is 36.8 Å². The molecule has 2 heterocycles. The van der Waals surface area contributed by atoms with Crippen molar-refractivity contribution in [1.82, 2.24) is 10.3 Å². The highest BCUT2D eigenvalue weighted by atomic mass is 19.2. The van der Waals surface area contributed by atoms with Gasteiger partial charge in [0.05, 0.1) is 5.39 Å². The summed E-state index contributed by atoms with van der Waals surface area (Å²) in [6.45, 7) is 3.72. The maximum absolute atomic E-state index is 13.8. The maximum Gasteiger partial charge on any atom is 0.200 e. The molecule has 2 aromatic carbocycles. The van der Waals surface area contributed by atoms with Gasteiger partial charge in [-0.15, -0.1) is 0 Å². The molecule has 0 spiro atoms. The molecule has 160 valence electrons. The van der Waals surface area contributed by atoms with Crippen LogP contribution in [0.3, 0.4) is 0 Å². The van der Waals surface area contributed by atoms with Crippen molar-refractivity contribution >= 4 is 11.0 Å². The van der Waals surface area contributed by atoms with Crippen molar-refractivity contribution in [1.29, 1.82) is 0 Å². The highest BCUT2D eigenvalue weighted by Crippen LogP contribution is 2.34. The van der Waals surface area contributed by atoms with Gasteiger partial charge in [-0.2, -0.15) is 4.39 Å². The number of pyridine rings is 1. The van der Waals surface area contributed by atoms with Crippen LogP contribution in [0.5, 0.6) is 11.5 Å². The van der Waals surface area contributed by atoms with E-state index in [9.17, 15) is 8.78 Å². The molecule has 7 heteroatoms. The molecule has 1 N–H and O–H groups in total. The molecule has 0 saturated carbocycles. The number of hydrogen-bond donors (Lipinski definition) is 1. The molecule has 0 aliphatic rings. The van der Waals surface area contributed by atoms with Crippen molar-refractivity contribution in [2.75, 3.05) is 13.2 Å². The smallest absolute Gasteiger partial charge is 0.200 e. The normalized spacial score (nSPS) is 11.1. The van der Waals surface area contributed by atoms with Crippen LogP contribution in [-0.2, 0) is 13.2 Å². The predicted octanol–water partition coefficient (Wildman–Crippen LogP) is 5.16. The van der Waals surface area contributed by atoms with Gasteiger partial charge in [-0.3, -0.25) is 4.98 Å². The van der Waals surface area contributed by atoms with Crippen molar-refractivity contribution in [3.8, 4) is 11.5 Å². The third-order valence-electron chi connectivity index (χ3n) is 4.88. The zero-order valence-corrected chi connectivity index (χ0v) is 17.0. The number of aromatic nitrogens is 1. The minimum absolute atomic E-state index is 0.0208. The van der Waals surface area contributed by atoms with Crippen LogP contribution in [0.2, 0.25) is 0 Å². The van der Waals surface area contributed by atoms with Crippen molar-refractivity contribution in [3.63, 3.8) is 0 Å². The monoisotopic (exact) mass is 424 g/mol. The molecule has 0 unspecified atom stereocenters. The Balaban J connectivity index is 1.39. The standard InChI is InChI=1S/C24H22F2N2O3/c1-16-22(15-30-21-9-2-6-18(25)24(21)26)31-20-8-3-7-19(23(16)20)29-12-11-28-14-17-5-4-10-27-13-17/h2-10,13,28H,11-12,14-15H2,1H3. The van der Waals surface area contributed by atoms with Gasteiger partial charge in [-0.25, -0.2) is 4.39 Å². The number of aryl methyl sites for hydroxylation is 1. The van der Waals surface area contributed by atoms with E-state index >= 15 is 0 Å². The van der Waals surface area contributed by atoms with Gasteiger partial charge in [0.15, 0.2) is 11.6 Å². The first-order chi connectivity index (χ1) is 15.1. The fourth-order valence-electron chi connectivity index (χ4n) is 3.28. The van der Waals surface area contributed by atoms with Gasteiger partial charge < -0.3 is 19.2 Å². The lowest BCUT2D eigenvalue weighted by molar-refractivity contribution is 0.257. The third-order valence-corrected chi connectivity index (χ3v) is 4.88. The van der Waals surface area contributed by atoms with Crippen LogP contribution in [0, 0.1) is 18.6 Å². The first kappa shape index (κ1) is 20.8. The second-order valence-corrected chi connectivity index (χ2v) is 7.01. The number of hydrogen-bond acceptors (Lipinski definition) is 5. The number of fused-ring (bicyclic) bond motifs is 1. The van der Waals surface area contributed by atoms with E-state index in [4.69, 9.17) is 13.9 Å². The Kier molecular flexibility index (Phi) is 6.43. The Labute approximate surface area is 178 Å². The lowest BCUT2D eigenvalue weighted by atomic mass is 10.1. The summed E-state index contributed by atoms with van der Waals surface area (Å²) in [7, 11) is 0. The van der Waals surface area contributed by atoms with E-state index in [1.165, 1.54) is 12.1 Å². The lowest BCUT2D eigenvalue weighted by Crippen LogP contribution is -2.20. The molecule has 4 aromatic rings. The fourth-order valence-corrected chi connectivity index (χ4v) is 3.28. The van der Waals surface area contributed by atoms with E-state index in [1.807, 2.05) is 43.5 Å². The summed E-state index contributed by atoms with van der Waals surface area (Å²) in [4.78, 5) is 4.09. The van der Waals surface area contributed by atoms with Gasteiger partial charge in [0.1, 0.15) is 30.3 Å². The average molecular weight is 424 g/mol. The SMILES string of the molecule is Cc1c(COc2cccc(F)c2F)oc2cccc(OCCNCc3cccnc3)c12. The van der Waals surface area contributed by atoms with Crippen LogP contribution < -0.4 is 14.8 Å². The summed E-state index contributed by atoms with van der Waals surface area (Å²) in [6.07, 6.45) is 3.57. The van der Waals surface area contributed by atoms with E-state index in [1.54, 1.807) is 6.20 Å². The Morgan fingerprint density at radius 1 is 1.00 bits per heavy atom. The third kappa shape index (κ3) is 4.83. The van der Waals surface area contributed by atoms with E-state index in [0.717, 1.165) is 22.6 Å². The Morgan fingerprint density at radius 3 is 2.68 bits per heavy atom. The molecule has 0 radical (unpaired) electrons. The predicted molar refractivity (Wildman–Crippen MR) is 113 cm³/mol. The van der Waals surface area contributed by atoms with Crippen molar-refractivity contribution in [2.45, 2.75) is 20.1 Å². The Morgan fingerprint density at radius 2 is 1.84 bits per heavy atom. The van der Waals surface area contributed by atoms with Crippen LogP contribution in [-0.4, -0.2) is 18.1 Å². The van der Waals surface area contributed by atoms with Gasteiger partial charge in [-0.05, 0) is 42.8 Å². The summed E-state index contributed by atoms with van der Waals surface area (Å²) >= 11 is 0. The van der Waals surface area contributed by atoms with E-state index < -0.39 is 11.6 Å². The van der Waals surface area contributed by atoms with Gasteiger partial charge in [0.2, 0.25) is 5.82 Å². The van der Waals surface area contributed by atoms with Crippen molar-refractivity contribution in [3.05, 3.63) is 89.4 Å². The highest BCUT2D eigenvalue weighted by Gasteiger charge is 2.16. The molecular formula is C24H22F2N2O3. The minimum Gasteiger partial charge on any atom is -0.491 e. The number of benzene rings is 2. The molecule has 2 aromatic heterocycles. The average Bonchev–Trinajstić information content (AvgIpc) is 3.11. The van der Waals surface area contributed by atoms with Crippen LogP contribution >= 0.6 is 0 Å². The second kappa shape index (κ2) is 9.57. The van der Waals surface area contributed by atoms with Gasteiger partial charge in [0, 0.05) is 31.0 Å². The topological polar surface area (TPSA) is 56.5 Å². The van der Waals surface area contributed by atoms with E-state index in [-0.39, 0.29) is 12.4 Å². The molecule has 0 aliphatic carbocycles. The van der Waals surface area contributed by atoms with Crippen molar-refractivity contribution in [2.24, 2.45) is 0 Å². The quantitative estimate of drug-likeness (QED) is 0.376. The van der Waals surface area contributed by atoms with Gasteiger partial charge in [-0.1, -0.05) is 18.2 Å². The molecule has 0 amide bonds. The van der Waals surface area contributed by atoms with Crippen LogP contribution in [0.1, 0.15) is 16.9 Å². The Bertz CT molecular complexity index is 1160. The summed E-state index contributed by atoms with van der Waals surface area (Å²) in [5.74, 6) is -0.892. The first-order valence-corrected chi connectivity index (χ1v) is 9.93. The summed E-state index contributed by atoms with van der Waals surface area (Å²) < 4.78 is 44.5. The fraction of sp³-hybridized carbons (Fsp3) is 0.208. The van der Waals surface area contributed by atoms with Crippen LogP contribution in [0.4, 0.5) is 8.78 Å². The zero-order chi connectivity index (χ0) is 21.6. The summed E-state index contributed by atoms with van der Waals surface area (Å²) in [5, 5.41) is 4.15.